The molecule has 0 aliphatic carbocycles. The summed E-state index contributed by atoms with van der Waals surface area (Å²) >= 11 is 5.85. The number of hydrogen-bond acceptors (Lipinski definition) is 5. The maximum Gasteiger partial charge on any atom is 0.254 e. The van der Waals surface area contributed by atoms with E-state index >= 15 is 0 Å². The number of nitrogens with zero attached hydrogens (tertiary/aromatic N) is 3. The highest BCUT2D eigenvalue weighted by Crippen LogP contribution is 2.21. The molecule has 1 aromatic heterocycles. The Morgan fingerprint density at radius 1 is 1.27 bits per heavy atom. The van der Waals surface area contributed by atoms with Gasteiger partial charge in [-0.15, -0.1) is 0 Å². The lowest BCUT2D eigenvalue weighted by Gasteiger charge is -2.15. The van der Waals surface area contributed by atoms with Gasteiger partial charge < -0.3 is 14.2 Å². The third-order valence-electron chi connectivity index (χ3n) is 3.69. The van der Waals surface area contributed by atoms with Crippen LogP contribution in [0.2, 0.25) is 5.02 Å². The number of methoxy groups -OCH3 is 1. The first-order valence-electron chi connectivity index (χ1n) is 7.65. The summed E-state index contributed by atoms with van der Waals surface area (Å²) in [6.07, 6.45) is 0. The summed E-state index contributed by atoms with van der Waals surface area (Å²) in [5.74, 6) is -0.242. The Hall–Kier alpha value is -2.93. The molecule has 2 aromatic carbocycles. The molecule has 0 bridgehead atoms. The minimum atomic E-state index is -0.602. The Kier molecular flexibility index (Phi) is 5.18. The van der Waals surface area contributed by atoms with Gasteiger partial charge in [0.15, 0.2) is 11.6 Å². The van der Waals surface area contributed by atoms with E-state index in [2.05, 4.69) is 10.1 Å². The van der Waals surface area contributed by atoms with Crippen LogP contribution in [0.3, 0.4) is 0 Å². The van der Waals surface area contributed by atoms with Crippen LogP contribution in [-0.4, -0.2) is 35.1 Å². The van der Waals surface area contributed by atoms with Gasteiger partial charge in [0.2, 0.25) is 11.7 Å². The quantitative estimate of drug-likeness (QED) is 0.678. The van der Waals surface area contributed by atoms with Crippen LogP contribution in [0.25, 0.3) is 11.4 Å². The molecule has 8 heteroatoms. The van der Waals surface area contributed by atoms with Crippen molar-refractivity contribution >= 4 is 17.5 Å². The fourth-order valence-electron chi connectivity index (χ4n) is 2.33. The lowest BCUT2D eigenvalue weighted by atomic mass is 10.2. The monoisotopic (exact) mass is 375 g/mol. The highest BCUT2D eigenvalue weighted by atomic mass is 35.5. The highest BCUT2D eigenvalue weighted by molar-refractivity contribution is 6.30. The molecule has 6 nitrogen and oxygen atoms in total. The van der Waals surface area contributed by atoms with E-state index in [1.54, 1.807) is 31.3 Å². The van der Waals surface area contributed by atoms with Gasteiger partial charge in [-0.05, 0) is 42.5 Å². The minimum Gasteiger partial charge on any atom is -0.494 e. The van der Waals surface area contributed by atoms with Crippen molar-refractivity contribution in [3.63, 3.8) is 0 Å². The molecule has 0 radical (unpaired) electrons. The van der Waals surface area contributed by atoms with Crippen molar-refractivity contribution in [1.29, 1.82) is 0 Å². The first kappa shape index (κ1) is 17.9. The van der Waals surface area contributed by atoms with Crippen LogP contribution in [0.4, 0.5) is 4.39 Å². The average Bonchev–Trinajstić information content (AvgIpc) is 3.10. The smallest absolute Gasteiger partial charge is 0.254 e. The first-order valence-corrected chi connectivity index (χ1v) is 8.03. The molecule has 1 amide bonds. The molecule has 1 heterocycles. The lowest BCUT2D eigenvalue weighted by molar-refractivity contribution is 0.0769. The third-order valence-corrected chi connectivity index (χ3v) is 3.94. The summed E-state index contributed by atoms with van der Waals surface area (Å²) in [6, 6.07) is 11.0. The van der Waals surface area contributed by atoms with Crippen LogP contribution >= 0.6 is 11.6 Å². The van der Waals surface area contributed by atoms with Crippen molar-refractivity contribution < 1.29 is 18.4 Å². The van der Waals surface area contributed by atoms with Gasteiger partial charge in [-0.3, -0.25) is 4.79 Å². The number of benzene rings is 2. The topological polar surface area (TPSA) is 68.5 Å². The number of aromatic nitrogens is 2. The number of amides is 1. The number of ether oxygens (including phenoxy) is 1. The second-order valence-corrected chi connectivity index (χ2v) is 5.97. The number of hydrogen-bond donors (Lipinski definition) is 0. The zero-order chi connectivity index (χ0) is 18.7. The summed E-state index contributed by atoms with van der Waals surface area (Å²) in [5, 5.41) is 4.50. The van der Waals surface area contributed by atoms with Crippen molar-refractivity contribution in [2.24, 2.45) is 0 Å². The molecule has 3 aromatic rings. The SMILES string of the molecule is COc1ccc(C(=O)N(C)Cc2nc(-c3ccc(Cl)cc3)no2)cc1F. The van der Waals surface area contributed by atoms with E-state index in [-0.39, 0.29) is 29.7 Å². The van der Waals surface area contributed by atoms with Gasteiger partial charge in [-0.25, -0.2) is 4.39 Å². The Morgan fingerprint density at radius 3 is 2.65 bits per heavy atom. The molecule has 0 spiro atoms. The highest BCUT2D eigenvalue weighted by Gasteiger charge is 2.17. The molecule has 0 fully saturated rings. The van der Waals surface area contributed by atoms with E-state index < -0.39 is 5.82 Å². The zero-order valence-corrected chi connectivity index (χ0v) is 14.8. The van der Waals surface area contributed by atoms with E-state index in [1.807, 2.05) is 0 Å². The summed E-state index contributed by atoms with van der Waals surface area (Å²) < 4.78 is 23.8. The molecule has 0 atom stereocenters. The average molecular weight is 376 g/mol. The largest absolute Gasteiger partial charge is 0.494 e. The van der Waals surface area contributed by atoms with Crippen LogP contribution in [0.5, 0.6) is 5.75 Å². The molecule has 3 rings (SSSR count). The molecular formula is C18H15ClFN3O3. The van der Waals surface area contributed by atoms with E-state index in [0.29, 0.717) is 10.8 Å². The predicted octanol–water partition coefficient (Wildman–Crippen LogP) is 3.81. The van der Waals surface area contributed by atoms with Crippen LogP contribution in [-0.2, 0) is 6.54 Å². The zero-order valence-electron chi connectivity index (χ0n) is 14.1. The Labute approximate surface area is 154 Å². The molecular weight excluding hydrogens is 361 g/mol. The van der Waals surface area contributed by atoms with Gasteiger partial charge in [0.1, 0.15) is 0 Å². The van der Waals surface area contributed by atoms with Gasteiger partial charge in [-0.2, -0.15) is 4.98 Å². The molecule has 134 valence electrons. The summed E-state index contributed by atoms with van der Waals surface area (Å²) in [7, 11) is 2.93. The van der Waals surface area contributed by atoms with Crippen molar-refractivity contribution in [3.8, 4) is 17.1 Å². The fraction of sp³-hybridized carbons (Fsp3) is 0.167. The molecule has 0 unspecified atom stereocenters. The van der Waals surface area contributed by atoms with Crippen molar-refractivity contribution in [3.05, 3.63) is 64.8 Å². The van der Waals surface area contributed by atoms with E-state index in [1.165, 1.54) is 24.1 Å². The maximum absolute atomic E-state index is 13.8. The van der Waals surface area contributed by atoms with Gasteiger partial charge in [0.05, 0.1) is 13.7 Å². The van der Waals surface area contributed by atoms with Gasteiger partial charge in [0.25, 0.3) is 5.91 Å². The molecule has 0 N–H and O–H groups in total. The molecule has 0 aliphatic heterocycles. The van der Waals surface area contributed by atoms with Crippen LogP contribution in [0.1, 0.15) is 16.2 Å². The summed E-state index contributed by atoms with van der Waals surface area (Å²) in [4.78, 5) is 18.1. The number of halogens is 2. The lowest BCUT2D eigenvalue weighted by Crippen LogP contribution is -2.26. The van der Waals surface area contributed by atoms with Crippen molar-refractivity contribution in [1.82, 2.24) is 15.0 Å². The van der Waals surface area contributed by atoms with Crippen LogP contribution < -0.4 is 4.74 Å². The van der Waals surface area contributed by atoms with E-state index in [4.69, 9.17) is 20.9 Å². The maximum atomic E-state index is 13.8. The van der Waals surface area contributed by atoms with Crippen LogP contribution in [0, 0.1) is 5.82 Å². The molecule has 0 aliphatic rings. The van der Waals surface area contributed by atoms with Gasteiger partial charge in [0, 0.05) is 23.2 Å². The van der Waals surface area contributed by atoms with Gasteiger partial charge >= 0.3 is 0 Å². The van der Waals surface area contributed by atoms with Gasteiger partial charge in [-0.1, -0.05) is 16.8 Å². The predicted molar refractivity (Wildman–Crippen MR) is 93.5 cm³/mol. The first-order chi connectivity index (χ1) is 12.5. The van der Waals surface area contributed by atoms with E-state index in [0.717, 1.165) is 11.6 Å². The normalized spacial score (nSPS) is 10.6. The number of carbonyl (C=O) groups excluding carboxylic acids is 1. The minimum absolute atomic E-state index is 0.0775. The number of carbonyl (C=O) groups is 1. The second kappa shape index (κ2) is 7.53. The fourth-order valence-corrected chi connectivity index (χ4v) is 2.46. The Bertz CT molecular complexity index is 928. The molecule has 0 saturated carbocycles. The molecule has 26 heavy (non-hydrogen) atoms. The van der Waals surface area contributed by atoms with Crippen molar-refractivity contribution in [2.75, 3.05) is 14.2 Å². The second-order valence-electron chi connectivity index (χ2n) is 5.53. The van der Waals surface area contributed by atoms with Crippen LogP contribution in [0.15, 0.2) is 47.0 Å². The Morgan fingerprint density at radius 2 is 2.00 bits per heavy atom. The summed E-state index contributed by atoms with van der Waals surface area (Å²) in [5.41, 5.74) is 0.943. The standard InChI is InChI=1S/C18H15ClFN3O3/c1-23(18(24)12-5-8-15(25-2)14(20)9-12)10-16-21-17(22-26-16)11-3-6-13(19)7-4-11/h3-9H,10H2,1-2H3. The third kappa shape index (κ3) is 3.83. The number of rotatable bonds is 5. The molecule has 0 saturated heterocycles. The summed E-state index contributed by atoms with van der Waals surface area (Å²) in [6.45, 7) is 0.0903. The van der Waals surface area contributed by atoms with E-state index in [9.17, 15) is 9.18 Å². The Balaban J connectivity index is 1.71. The van der Waals surface area contributed by atoms with Crippen molar-refractivity contribution in [2.45, 2.75) is 6.54 Å².